The van der Waals surface area contributed by atoms with Gasteiger partial charge in [-0.15, -0.1) is 0 Å². The standard InChI is InChI=1S/C16H18N6O2/c1-10(2)7-14(15-19-12-5-3-4-6-13(12)20-15)21-16-17-8-11(9-18-16)22(23)24/h3-6,8-10,14H,7H2,1-2H3,(H,19,20)(H,17,18,21). The lowest BCUT2D eigenvalue weighted by Crippen LogP contribution is -2.16. The van der Waals surface area contributed by atoms with E-state index in [4.69, 9.17) is 0 Å². The van der Waals surface area contributed by atoms with Gasteiger partial charge in [0.2, 0.25) is 5.95 Å². The SMILES string of the molecule is CC(C)CC(Nc1ncc([N+](=O)[O-])cn1)c1nc2ccccc2[nH]1. The fourth-order valence-corrected chi connectivity index (χ4v) is 2.49. The number of aromatic nitrogens is 4. The molecular formula is C16H18N6O2. The number of hydrogen-bond donors (Lipinski definition) is 2. The number of benzene rings is 1. The van der Waals surface area contributed by atoms with E-state index in [0.717, 1.165) is 23.3 Å². The third kappa shape index (κ3) is 3.48. The summed E-state index contributed by atoms with van der Waals surface area (Å²) in [6, 6.07) is 7.70. The number of nitrogens with one attached hydrogen (secondary N) is 2. The number of hydrogen-bond acceptors (Lipinski definition) is 6. The van der Waals surface area contributed by atoms with Crippen molar-refractivity contribution in [2.24, 2.45) is 5.92 Å². The molecule has 1 atom stereocenters. The molecule has 8 nitrogen and oxygen atoms in total. The summed E-state index contributed by atoms with van der Waals surface area (Å²) < 4.78 is 0. The zero-order chi connectivity index (χ0) is 17.1. The summed E-state index contributed by atoms with van der Waals surface area (Å²) in [5.41, 5.74) is 1.73. The highest BCUT2D eigenvalue weighted by molar-refractivity contribution is 5.74. The minimum absolute atomic E-state index is 0.112. The summed E-state index contributed by atoms with van der Waals surface area (Å²) in [7, 11) is 0. The highest BCUT2D eigenvalue weighted by Gasteiger charge is 2.19. The Bertz CT molecular complexity index is 810. The van der Waals surface area contributed by atoms with Crippen molar-refractivity contribution in [3.8, 4) is 0 Å². The van der Waals surface area contributed by atoms with Crippen LogP contribution in [0.1, 0.15) is 32.1 Å². The van der Waals surface area contributed by atoms with Gasteiger partial charge in [-0.1, -0.05) is 26.0 Å². The van der Waals surface area contributed by atoms with E-state index in [2.05, 4.69) is 39.1 Å². The first-order valence-corrected chi connectivity index (χ1v) is 7.70. The molecule has 8 heteroatoms. The van der Waals surface area contributed by atoms with Crippen LogP contribution in [0.2, 0.25) is 0 Å². The topological polar surface area (TPSA) is 110 Å². The van der Waals surface area contributed by atoms with Crippen molar-refractivity contribution >= 4 is 22.7 Å². The van der Waals surface area contributed by atoms with Crippen molar-refractivity contribution in [2.45, 2.75) is 26.3 Å². The Balaban J connectivity index is 1.87. The number of para-hydroxylation sites is 2. The van der Waals surface area contributed by atoms with Crippen LogP contribution in [-0.4, -0.2) is 24.9 Å². The quantitative estimate of drug-likeness (QED) is 0.530. The molecule has 3 aromatic rings. The van der Waals surface area contributed by atoms with E-state index in [1.165, 1.54) is 12.4 Å². The monoisotopic (exact) mass is 326 g/mol. The maximum absolute atomic E-state index is 10.7. The van der Waals surface area contributed by atoms with Crippen LogP contribution in [-0.2, 0) is 0 Å². The summed E-state index contributed by atoms with van der Waals surface area (Å²) in [4.78, 5) is 26.2. The van der Waals surface area contributed by atoms with Crippen LogP contribution in [0.5, 0.6) is 0 Å². The molecule has 0 aliphatic carbocycles. The highest BCUT2D eigenvalue weighted by atomic mass is 16.6. The molecule has 124 valence electrons. The second-order valence-electron chi connectivity index (χ2n) is 5.99. The molecule has 1 aromatic carbocycles. The molecule has 0 radical (unpaired) electrons. The van der Waals surface area contributed by atoms with Crippen molar-refractivity contribution in [3.63, 3.8) is 0 Å². The molecule has 0 aliphatic heterocycles. The van der Waals surface area contributed by atoms with Gasteiger partial charge in [-0.2, -0.15) is 0 Å². The van der Waals surface area contributed by atoms with E-state index in [1.54, 1.807) is 0 Å². The lowest BCUT2D eigenvalue weighted by Gasteiger charge is -2.18. The first kappa shape index (κ1) is 15.9. The summed E-state index contributed by atoms with van der Waals surface area (Å²) in [6.07, 6.45) is 3.21. The van der Waals surface area contributed by atoms with Crippen LogP contribution in [0.3, 0.4) is 0 Å². The Hall–Kier alpha value is -3.03. The molecule has 2 N–H and O–H groups in total. The van der Waals surface area contributed by atoms with E-state index in [9.17, 15) is 10.1 Å². The molecule has 24 heavy (non-hydrogen) atoms. The normalized spacial score (nSPS) is 12.5. The fraction of sp³-hybridized carbons (Fsp3) is 0.312. The lowest BCUT2D eigenvalue weighted by molar-refractivity contribution is -0.385. The van der Waals surface area contributed by atoms with Crippen molar-refractivity contribution in [1.82, 2.24) is 19.9 Å². The molecule has 0 amide bonds. The number of imidazole rings is 1. The molecule has 0 saturated carbocycles. The second-order valence-corrected chi connectivity index (χ2v) is 5.99. The van der Waals surface area contributed by atoms with E-state index in [1.807, 2.05) is 24.3 Å². The average molecular weight is 326 g/mol. The second kappa shape index (κ2) is 6.61. The average Bonchev–Trinajstić information content (AvgIpc) is 2.98. The van der Waals surface area contributed by atoms with Crippen LogP contribution in [0.25, 0.3) is 11.0 Å². The van der Waals surface area contributed by atoms with Gasteiger partial charge in [0.25, 0.3) is 0 Å². The number of nitrogens with zero attached hydrogens (tertiary/aromatic N) is 4. The molecule has 2 aromatic heterocycles. The fourth-order valence-electron chi connectivity index (χ4n) is 2.49. The third-order valence-electron chi connectivity index (χ3n) is 3.60. The molecule has 0 spiro atoms. The van der Waals surface area contributed by atoms with Gasteiger partial charge in [-0.05, 0) is 24.5 Å². The Morgan fingerprint density at radius 3 is 2.58 bits per heavy atom. The van der Waals surface area contributed by atoms with E-state index < -0.39 is 4.92 Å². The molecule has 0 aliphatic rings. The number of anilines is 1. The minimum atomic E-state index is -0.519. The third-order valence-corrected chi connectivity index (χ3v) is 3.60. The molecular weight excluding hydrogens is 308 g/mol. The van der Waals surface area contributed by atoms with Crippen molar-refractivity contribution < 1.29 is 4.92 Å². The molecule has 0 fully saturated rings. The van der Waals surface area contributed by atoms with Crippen LogP contribution >= 0.6 is 0 Å². The molecule has 3 rings (SSSR count). The van der Waals surface area contributed by atoms with E-state index in [0.29, 0.717) is 11.9 Å². The summed E-state index contributed by atoms with van der Waals surface area (Å²) in [5, 5.41) is 13.9. The predicted octanol–water partition coefficient (Wildman–Crippen LogP) is 3.46. The Morgan fingerprint density at radius 2 is 1.96 bits per heavy atom. The van der Waals surface area contributed by atoms with Gasteiger partial charge in [-0.3, -0.25) is 10.1 Å². The van der Waals surface area contributed by atoms with Gasteiger partial charge in [0, 0.05) is 0 Å². The van der Waals surface area contributed by atoms with Gasteiger partial charge in [-0.25, -0.2) is 15.0 Å². The maximum atomic E-state index is 10.7. The largest absolute Gasteiger partial charge is 0.344 e. The lowest BCUT2D eigenvalue weighted by atomic mass is 10.0. The van der Waals surface area contributed by atoms with Crippen LogP contribution in [0.4, 0.5) is 11.6 Å². The molecule has 1 unspecified atom stereocenters. The van der Waals surface area contributed by atoms with Crippen LogP contribution in [0.15, 0.2) is 36.7 Å². The van der Waals surface area contributed by atoms with Crippen molar-refractivity contribution in [1.29, 1.82) is 0 Å². The molecule has 2 heterocycles. The predicted molar refractivity (Wildman–Crippen MR) is 90.6 cm³/mol. The van der Waals surface area contributed by atoms with E-state index >= 15 is 0 Å². The molecule has 0 bridgehead atoms. The molecule has 0 saturated heterocycles. The van der Waals surface area contributed by atoms with Gasteiger partial charge in [0.05, 0.1) is 22.0 Å². The number of H-pyrrole nitrogens is 1. The zero-order valence-electron chi connectivity index (χ0n) is 13.4. The minimum Gasteiger partial charge on any atom is -0.344 e. The smallest absolute Gasteiger partial charge is 0.305 e. The van der Waals surface area contributed by atoms with Crippen LogP contribution in [0, 0.1) is 16.0 Å². The Kier molecular flexibility index (Phi) is 4.37. The number of nitro groups is 1. The van der Waals surface area contributed by atoms with Gasteiger partial charge in [0.15, 0.2) is 0 Å². The highest BCUT2D eigenvalue weighted by Crippen LogP contribution is 2.25. The number of rotatable bonds is 6. The maximum Gasteiger partial charge on any atom is 0.305 e. The van der Waals surface area contributed by atoms with E-state index in [-0.39, 0.29) is 11.7 Å². The zero-order valence-corrected chi connectivity index (χ0v) is 13.4. The van der Waals surface area contributed by atoms with Gasteiger partial charge in [0.1, 0.15) is 18.2 Å². The van der Waals surface area contributed by atoms with Gasteiger partial charge >= 0.3 is 5.69 Å². The van der Waals surface area contributed by atoms with Crippen molar-refractivity contribution in [3.05, 3.63) is 52.6 Å². The number of fused-ring (bicyclic) bond motifs is 1. The summed E-state index contributed by atoms with van der Waals surface area (Å²) >= 11 is 0. The number of aromatic amines is 1. The Labute approximate surface area is 138 Å². The van der Waals surface area contributed by atoms with Gasteiger partial charge < -0.3 is 10.3 Å². The van der Waals surface area contributed by atoms with Crippen LogP contribution < -0.4 is 5.32 Å². The van der Waals surface area contributed by atoms with Crippen molar-refractivity contribution in [2.75, 3.05) is 5.32 Å². The summed E-state index contributed by atoms with van der Waals surface area (Å²) in [6.45, 7) is 4.24. The Morgan fingerprint density at radius 1 is 1.25 bits per heavy atom. The first-order chi connectivity index (χ1) is 11.5. The summed E-state index contributed by atoms with van der Waals surface area (Å²) in [5.74, 6) is 1.56. The first-order valence-electron chi connectivity index (χ1n) is 7.70.